The smallest absolute Gasteiger partial charge is 0.391 e. The number of halogens is 2. The van der Waals surface area contributed by atoms with Crippen molar-refractivity contribution in [1.82, 2.24) is 21.3 Å². The molecule has 10 nitrogen and oxygen atoms in total. The summed E-state index contributed by atoms with van der Waals surface area (Å²) in [7, 11) is 0. The zero-order valence-electron chi connectivity index (χ0n) is 20.0. The molecule has 0 aromatic heterocycles. The van der Waals surface area contributed by atoms with Crippen LogP contribution in [-0.4, -0.2) is 90.5 Å². The van der Waals surface area contributed by atoms with Gasteiger partial charge in [-0.25, -0.2) is 0 Å². The maximum atomic E-state index is 13.3. The standard InChI is InChI=1S/C23H36F2N4O6/c1-13-10-27-15(11-26-13)20(32)29-21-4-6-22(7-5-21,18(30)9-21)28-19(31)12-33-14-2-3-16-17(8-14)35-23(24,25)34-16/h13-18,26-27,30H,2-12H2,1H3,(H,28,31)(H,29,32)/t13?,14?,15?,16?,17?,18-,21?,22?/m0/s1. The molecule has 2 heterocycles. The van der Waals surface area contributed by atoms with Crippen molar-refractivity contribution in [3.8, 4) is 0 Å². The highest BCUT2D eigenvalue weighted by Gasteiger charge is 2.56. The van der Waals surface area contributed by atoms with E-state index in [1.807, 2.05) is 0 Å². The Bertz CT molecular complexity index is 816. The first kappa shape index (κ1) is 25.2. The molecule has 0 spiro atoms. The Morgan fingerprint density at radius 2 is 1.80 bits per heavy atom. The Kier molecular flexibility index (Phi) is 6.81. The first-order chi connectivity index (χ1) is 16.6. The third kappa shape index (κ3) is 5.33. The molecule has 6 aliphatic rings. The van der Waals surface area contributed by atoms with Crippen LogP contribution in [0, 0.1) is 0 Å². The molecule has 4 saturated carbocycles. The van der Waals surface area contributed by atoms with Crippen molar-refractivity contribution in [2.45, 2.75) is 112 Å². The number of piperazine rings is 1. The molecule has 6 atom stereocenters. The average molecular weight is 503 g/mol. The van der Waals surface area contributed by atoms with Crippen molar-refractivity contribution in [2.75, 3.05) is 19.7 Å². The van der Waals surface area contributed by atoms with Crippen LogP contribution in [0.5, 0.6) is 0 Å². The van der Waals surface area contributed by atoms with Gasteiger partial charge in [0.15, 0.2) is 0 Å². The van der Waals surface area contributed by atoms with E-state index in [-0.39, 0.29) is 37.0 Å². The van der Waals surface area contributed by atoms with E-state index in [4.69, 9.17) is 4.74 Å². The second-order valence-corrected chi connectivity index (χ2v) is 11.0. The molecule has 6 fully saturated rings. The van der Waals surface area contributed by atoms with E-state index >= 15 is 0 Å². The van der Waals surface area contributed by atoms with Gasteiger partial charge in [0.05, 0.1) is 36.0 Å². The van der Waals surface area contributed by atoms with Gasteiger partial charge in [-0.2, -0.15) is 0 Å². The molecule has 0 aromatic rings. The molecule has 198 valence electrons. The van der Waals surface area contributed by atoms with Crippen LogP contribution < -0.4 is 21.3 Å². The number of alkyl halides is 2. The number of ether oxygens (including phenoxy) is 3. The average Bonchev–Trinajstić information content (AvgIpc) is 3.12. The van der Waals surface area contributed by atoms with Crippen LogP contribution in [0.25, 0.3) is 0 Å². The van der Waals surface area contributed by atoms with E-state index in [1.165, 1.54) is 0 Å². The molecular weight excluding hydrogens is 466 g/mol. The van der Waals surface area contributed by atoms with Gasteiger partial charge in [-0.15, -0.1) is 8.78 Å². The third-order valence-corrected chi connectivity index (χ3v) is 8.47. The van der Waals surface area contributed by atoms with Gasteiger partial charge in [-0.3, -0.25) is 19.1 Å². The minimum atomic E-state index is -3.56. The van der Waals surface area contributed by atoms with Gasteiger partial charge < -0.3 is 31.1 Å². The third-order valence-electron chi connectivity index (χ3n) is 8.47. The van der Waals surface area contributed by atoms with Gasteiger partial charge in [-0.1, -0.05) is 0 Å². The maximum absolute atomic E-state index is 13.3. The lowest BCUT2D eigenvalue weighted by molar-refractivity contribution is -0.351. The zero-order valence-corrected chi connectivity index (χ0v) is 20.0. The molecule has 12 heteroatoms. The van der Waals surface area contributed by atoms with Gasteiger partial charge in [0.25, 0.3) is 0 Å². The molecule has 35 heavy (non-hydrogen) atoms. The van der Waals surface area contributed by atoms with Crippen LogP contribution in [0.15, 0.2) is 0 Å². The van der Waals surface area contributed by atoms with E-state index < -0.39 is 35.7 Å². The van der Waals surface area contributed by atoms with E-state index in [0.717, 1.165) is 6.54 Å². The molecule has 6 rings (SSSR count). The Hall–Kier alpha value is -1.44. The summed E-state index contributed by atoms with van der Waals surface area (Å²) in [6.07, 6.45) is -2.12. The largest absolute Gasteiger partial charge is 0.486 e. The fourth-order valence-corrected chi connectivity index (χ4v) is 6.34. The minimum Gasteiger partial charge on any atom is -0.391 e. The summed E-state index contributed by atoms with van der Waals surface area (Å²) < 4.78 is 41.5. The molecule has 2 bridgehead atoms. The number of hydrogen-bond acceptors (Lipinski definition) is 8. The maximum Gasteiger partial charge on any atom is 0.486 e. The Morgan fingerprint density at radius 1 is 1.06 bits per heavy atom. The first-order valence-corrected chi connectivity index (χ1v) is 12.7. The van der Waals surface area contributed by atoms with Crippen LogP contribution in [0.3, 0.4) is 0 Å². The number of amides is 2. The SMILES string of the molecule is CC1CNC(C(=O)NC23CCC(NC(=O)COC4CCC5OC(F)(F)OC5C4)(CC2)[C@@H](O)C3)CN1. The summed E-state index contributed by atoms with van der Waals surface area (Å²) in [6.45, 7) is 3.13. The van der Waals surface area contributed by atoms with Crippen molar-refractivity contribution >= 4 is 11.8 Å². The van der Waals surface area contributed by atoms with E-state index in [0.29, 0.717) is 57.5 Å². The number of nitrogens with one attached hydrogen (secondary N) is 4. The molecular formula is C23H36F2N4O6. The fourth-order valence-electron chi connectivity index (χ4n) is 6.34. The van der Waals surface area contributed by atoms with Gasteiger partial charge >= 0.3 is 6.29 Å². The number of fused-ring (bicyclic) bond motifs is 4. The molecule has 0 aromatic carbocycles. The van der Waals surface area contributed by atoms with Crippen molar-refractivity contribution < 1.29 is 37.7 Å². The second-order valence-electron chi connectivity index (χ2n) is 11.0. The van der Waals surface area contributed by atoms with Gasteiger partial charge in [0, 0.05) is 31.1 Å². The molecule has 5 unspecified atom stereocenters. The highest BCUT2D eigenvalue weighted by molar-refractivity contribution is 5.83. The first-order valence-electron chi connectivity index (χ1n) is 12.7. The number of carbonyl (C=O) groups is 2. The van der Waals surface area contributed by atoms with Crippen LogP contribution in [0.1, 0.15) is 58.3 Å². The summed E-state index contributed by atoms with van der Waals surface area (Å²) in [5.41, 5.74) is -1.20. The van der Waals surface area contributed by atoms with Crippen molar-refractivity contribution in [3.63, 3.8) is 0 Å². The van der Waals surface area contributed by atoms with E-state index in [2.05, 4.69) is 37.7 Å². The van der Waals surface area contributed by atoms with Gasteiger partial charge in [-0.05, 0) is 51.9 Å². The number of carbonyl (C=O) groups excluding carboxylic acids is 2. The van der Waals surface area contributed by atoms with E-state index in [1.54, 1.807) is 0 Å². The second kappa shape index (κ2) is 9.46. The van der Waals surface area contributed by atoms with Crippen LogP contribution in [0.2, 0.25) is 0 Å². The number of rotatable bonds is 6. The fraction of sp³-hybridized carbons (Fsp3) is 0.913. The predicted octanol–water partition coefficient (Wildman–Crippen LogP) is -0.112. The highest BCUT2D eigenvalue weighted by Crippen LogP contribution is 2.47. The predicted molar refractivity (Wildman–Crippen MR) is 118 cm³/mol. The lowest BCUT2D eigenvalue weighted by Crippen LogP contribution is -2.71. The van der Waals surface area contributed by atoms with E-state index in [9.17, 15) is 23.5 Å². The minimum absolute atomic E-state index is 0.0624. The molecule has 2 aliphatic heterocycles. The highest BCUT2D eigenvalue weighted by atomic mass is 19.3. The number of aliphatic hydroxyl groups excluding tert-OH is 1. The summed E-state index contributed by atoms with van der Waals surface area (Å²) >= 11 is 0. The van der Waals surface area contributed by atoms with Crippen molar-refractivity contribution in [1.29, 1.82) is 0 Å². The zero-order chi connectivity index (χ0) is 24.8. The number of hydrogen-bond donors (Lipinski definition) is 5. The molecule has 4 aliphatic carbocycles. The summed E-state index contributed by atoms with van der Waals surface area (Å²) in [4.78, 5) is 25.5. The van der Waals surface area contributed by atoms with Gasteiger partial charge in [0.1, 0.15) is 6.61 Å². The Morgan fingerprint density at radius 3 is 2.49 bits per heavy atom. The van der Waals surface area contributed by atoms with Crippen LogP contribution in [0.4, 0.5) is 8.78 Å². The Balaban J connectivity index is 1.09. The topological polar surface area (TPSA) is 130 Å². The lowest BCUT2D eigenvalue weighted by Gasteiger charge is -2.56. The molecule has 2 saturated heterocycles. The Labute approximate surface area is 203 Å². The molecule has 5 N–H and O–H groups in total. The molecule has 0 radical (unpaired) electrons. The summed E-state index contributed by atoms with van der Waals surface area (Å²) in [6, 6.07) is 0.0205. The van der Waals surface area contributed by atoms with Crippen LogP contribution >= 0.6 is 0 Å². The van der Waals surface area contributed by atoms with Crippen molar-refractivity contribution in [2.24, 2.45) is 0 Å². The lowest BCUT2D eigenvalue weighted by atomic mass is 9.59. The normalized spacial score (nSPS) is 44.5. The monoisotopic (exact) mass is 502 g/mol. The quantitative estimate of drug-likeness (QED) is 0.340. The van der Waals surface area contributed by atoms with Crippen molar-refractivity contribution in [3.05, 3.63) is 0 Å². The summed E-state index contributed by atoms with van der Waals surface area (Å²) in [5.74, 6) is -0.405. The molecule has 2 amide bonds. The summed E-state index contributed by atoms with van der Waals surface area (Å²) in [5, 5.41) is 23.7. The number of aliphatic hydroxyl groups is 1. The van der Waals surface area contributed by atoms with Crippen LogP contribution in [-0.2, 0) is 23.8 Å². The van der Waals surface area contributed by atoms with Gasteiger partial charge in [0.2, 0.25) is 11.8 Å².